The summed E-state index contributed by atoms with van der Waals surface area (Å²) in [5, 5.41) is 3.55. The summed E-state index contributed by atoms with van der Waals surface area (Å²) >= 11 is 0. The van der Waals surface area contributed by atoms with Crippen molar-refractivity contribution < 1.29 is 4.74 Å². The zero-order chi connectivity index (χ0) is 13.5. The largest absolute Gasteiger partial charge is 0.497 e. The fourth-order valence-electron chi connectivity index (χ4n) is 1.95. The molecule has 3 nitrogen and oxygen atoms in total. The molecule has 1 rings (SSSR count). The average Bonchev–Trinajstić information content (AvgIpc) is 2.38. The maximum Gasteiger partial charge on any atom is 0.119 e. The van der Waals surface area contributed by atoms with E-state index in [2.05, 4.69) is 38.2 Å². The van der Waals surface area contributed by atoms with Crippen LogP contribution in [0.5, 0.6) is 5.75 Å². The number of ether oxygens (including phenoxy) is 1. The predicted molar refractivity (Wildman–Crippen MR) is 76.8 cm³/mol. The van der Waals surface area contributed by atoms with Crippen molar-refractivity contribution in [1.82, 2.24) is 5.32 Å². The third-order valence-corrected chi connectivity index (χ3v) is 3.53. The van der Waals surface area contributed by atoms with Gasteiger partial charge in [0, 0.05) is 6.04 Å². The minimum absolute atomic E-state index is 0.313. The highest BCUT2D eigenvalue weighted by Gasteiger charge is 2.13. The van der Waals surface area contributed by atoms with Crippen LogP contribution >= 0.6 is 0 Å². The summed E-state index contributed by atoms with van der Waals surface area (Å²) in [7, 11) is 1.69. The summed E-state index contributed by atoms with van der Waals surface area (Å²) in [4.78, 5) is 0. The first-order valence-electron chi connectivity index (χ1n) is 6.65. The minimum Gasteiger partial charge on any atom is -0.497 e. The quantitative estimate of drug-likeness (QED) is 0.782. The van der Waals surface area contributed by atoms with E-state index in [9.17, 15) is 0 Å². The molecule has 0 aliphatic carbocycles. The van der Waals surface area contributed by atoms with Gasteiger partial charge in [0.1, 0.15) is 5.75 Å². The maximum absolute atomic E-state index is 5.78. The topological polar surface area (TPSA) is 47.3 Å². The van der Waals surface area contributed by atoms with Gasteiger partial charge in [0.2, 0.25) is 0 Å². The summed E-state index contributed by atoms with van der Waals surface area (Å²) < 4.78 is 5.24. The van der Waals surface area contributed by atoms with Gasteiger partial charge >= 0.3 is 0 Å². The molecule has 0 heterocycles. The van der Waals surface area contributed by atoms with Crippen molar-refractivity contribution in [3.05, 3.63) is 29.8 Å². The molecule has 0 spiro atoms. The first-order valence-corrected chi connectivity index (χ1v) is 6.65. The second-order valence-corrected chi connectivity index (χ2v) is 5.15. The summed E-state index contributed by atoms with van der Waals surface area (Å²) in [6.45, 7) is 8.29. The van der Waals surface area contributed by atoms with Crippen LogP contribution in [0.25, 0.3) is 0 Å². The van der Waals surface area contributed by atoms with Gasteiger partial charge in [0.15, 0.2) is 0 Å². The van der Waals surface area contributed by atoms with Gasteiger partial charge in [-0.15, -0.1) is 0 Å². The minimum atomic E-state index is 0.313. The molecule has 1 unspecified atom stereocenters. The molecule has 0 radical (unpaired) electrons. The molecule has 0 aliphatic heterocycles. The van der Waals surface area contributed by atoms with Crippen molar-refractivity contribution in [2.45, 2.75) is 26.8 Å². The molecule has 0 bridgehead atoms. The highest BCUT2D eigenvalue weighted by molar-refractivity contribution is 5.30. The highest BCUT2D eigenvalue weighted by Crippen LogP contribution is 2.19. The standard InChI is InChI=1S/C15H26N2O/c1-11(2)14(9-16)10-17-12(3)13-6-5-7-15(8-13)18-4/h5-8,11-12,14,17H,9-10,16H2,1-4H3/t12-,14?/m0/s1. The summed E-state index contributed by atoms with van der Waals surface area (Å²) in [5.74, 6) is 2.04. The third kappa shape index (κ3) is 4.31. The third-order valence-electron chi connectivity index (χ3n) is 3.53. The lowest BCUT2D eigenvalue weighted by Crippen LogP contribution is -2.33. The normalized spacial score (nSPS) is 14.6. The Morgan fingerprint density at radius 2 is 2.00 bits per heavy atom. The second kappa shape index (κ2) is 7.39. The average molecular weight is 250 g/mol. The number of benzene rings is 1. The Hall–Kier alpha value is -1.06. The van der Waals surface area contributed by atoms with Crippen molar-refractivity contribution in [2.75, 3.05) is 20.2 Å². The van der Waals surface area contributed by atoms with E-state index in [-0.39, 0.29) is 0 Å². The first kappa shape index (κ1) is 15.0. The number of hydrogen-bond donors (Lipinski definition) is 2. The molecule has 0 aliphatic rings. The van der Waals surface area contributed by atoms with Crippen LogP contribution in [0.15, 0.2) is 24.3 Å². The Morgan fingerprint density at radius 3 is 2.56 bits per heavy atom. The monoisotopic (exact) mass is 250 g/mol. The van der Waals surface area contributed by atoms with Crippen molar-refractivity contribution in [1.29, 1.82) is 0 Å². The molecule has 3 N–H and O–H groups in total. The van der Waals surface area contributed by atoms with Gasteiger partial charge in [-0.1, -0.05) is 26.0 Å². The van der Waals surface area contributed by atoms with Crippen LogP contribution in [0.2, 0.25) is 0 Å². The van der Waals surface area contributed by atoms with E-state index in [4.69, 9.17) is 10.5 Å². The van der Waals surface area contributed by atoms with E-state index in [0.29, 0.717) is 17.9 Å². The van der Waals surface area contributed by atoms with E-state index in [0.717, 1.165) is 18.8 Å². The molecule has 2 atom stereocenters. The van der Waals surface area contributed by atoms with Crippen LogP contribution in [0, 0.1) is 11.8 Å². The van der Waals surface area contributed by atoms with E-state index in [1.54, 1.807) is 7.11 Å². The lowest BCUT2D eigenvalue weighted by atomic mass is 9.95. The molecule has 1 aromatic carbocycles. The number of hydrogen-bond acceptors (Lipinski definition) is 3. The molecular weight excluding hydrogens is 224 g/mol. The summed E-state index contributed by atoms with van der Waals surface area (Å²) in [5.41, 5.74) is 7.03. The fraction of sp³-hybridized carbons (Fsp3) is 0.600. The van der Waals surface area contributed by atoms with Crippen molar-refractivity contribution in [3.63, 3.8) is 0 Å². The zero-order valence-electron chi connectivity index (χ0n) is 11.9. The lowest BCUT2D eigenvalue weighted by molar-refractivity contribution is 0.355. The van der Waals surface area contributed by atoms with E-state index in [1.807, 2.05) is 12.1 Å². The number of rotatable bonds is 7. The van der Waals surface area contributed by atoms with Crippen LogP contribution in [0.1, 0.15) is 32.4 Å². The van der Waals surface area contributed by atoms with Crippen molar-refractivity contribution in [2.24, 2.45) is 17.6 Å². The molecule has 18 heavy (non-hydrogen) atoms. The number of nitrogens with two attached hydrogens (primary N) is 1. The van der Waals surface area contributed by atoms with Gasteiger partial charge in [0.25, 0.3) is 0 Å². The molecule has 0 saturated heterocycles. The number of methoxy groups -OCH3 is 1. The molecular formula is C15H26N2O. The molecule has 3 heteroatoms. The van der Waals surface area contributed by atoms with E-state index >= 15 is 0 Å². The van der Waals surface area contributed by atoms with Crippen molar-refractivity contribution in [3.8, 4) is 5.75 Å². The molecule has 0 aromatic heterocycles. The zero-order valence-corrected chi connectivity index (χ0v) is 11.9. The Kier molecular flexibility index (Phi) is 6.16. The Bertz CT molecular complexity index is 352. The Balaban J connectivity index is 2.56. The summed E-state index contributed by atoms with van der Waals surface area (Å²) in [6, 6.07) is 8.49. The molecule has 102 valence electrons. The lowest BCUT2D eigenvalue weighted by Gasteiger charge is -2.22. The van der Waals surface area contributed by atoms with Gasteiger partial charge in [-0.3, -0.25) is 0 Å². The van der Waals surface area contributed by atoms with Crippen LogP contribution in [-0.2, 0) is 0 Å². The van der Waals surface area contributed by atoms with Crippen LogP contribution in [0.4, 0.5) is 0 Å². The van der Waals surface area contributed by atoms with Gasteiger partial charge in [-0.25, -0.2) is 0 Å². The predicted octanol–water partition coefficient (Wildman–Crippen LogP) is 2.58. The maximum atomic E-state index is 5.78. The molecule has 0 amide bonds. The van der Waals surface area contributed by atoms with Crippen LogP contribution in [0.3, 0.4) is 0 Å². The van der Waals surface area contributed by atoms with Gasteiger partial charge in [0.05, 0.1) is 7.11 Å². The fourth-order valence-corrected chi connectivity index (χ4v) is 1.95. The smallest absolute Gasteiger partial charge is 0.119 e. The number of nitrogens with one attached hydrogen (secondary N) is 1. The molecule has 0 saturated carbocycles. The first-order chi connectivity index (χ1) is 8.58. The Morgan fingerprint density at radius 1 is 1.28 bits per heavy atom. The molecule has 1 aromatic rings. The van der Waals surface area contributed by atoms with Gasteiger partial charge in [-0.05, 0) is 49.5 Å². The highest BCUT2D eigenvalue weighted by atomic mass is 16.5. The van der Waals surface area contributed by atoms with E-state index < -0.39 is 0 Å². The SMILES string of the molecule is COc1cccc([C@H](C)NCC(CN)C(C)C)c1. The van der Waals surface area contributed by atoms with Crippen molar-refractivity contribution >= 4 is 0 Å². The van der Waals surface area contributed by atoms with Crippen LogP contribution < -0.4 is 15.8 Å². The summed E-state index contributed by atoms with van der Waals surface area (Å²) in [6.07, 6.45) is 0. The second-order valence-electron chi connectivity index (χ2n) is 5.15. The van der Waals surface area contributed by atoms with E-state index in [1.165, 1.54) is 5.56 Å². The van der Waals surface area contributed by atoms with Gasteiger partial charge < -0.3 is 15.8 Å². The van der Waals surface area contributed by atoms with Gasteiger partial charge in [-0.2, -0.15) is 0 Å². The van der Waals surface area contributed by atoms with Crippen LogP contribution in [-0.4, -0.2) is 20.2 Å². The Labute approximate surface area is 111 Å². The molecule has 0 fully saturated rings.